The first-order chi connectivity index (χ1) is 16.0. The second-order valence-corrected chi connectivity index (χ2v) is 8.00. The quantitative estimate of drug-likeness (QED) is 0.371. The number of carbonyl (C=O) groups is 1. The van der Waals surface area contributed by atoms with E-state index in [2.05, 4.69) is 19.6 Å². The summed E-state index contributed by atoms with van der Waals surface area (Å²) in [5.74, 6) is 1.84. The van der Waals surface area contributed by atoms with Crippen LogP contribution >= 0.6 is 0 Å². The zero-order chi connectivity index (χ0) is 23.8. The fourth-order valence-electron chi connectivity index (χ4n) is 3.81. The molecule has 2 amide bonds. The summed E-state index contributed by atoms with van der Waals surface area (Å²) in [6.45, 7) is 8.12. The van der Waals surface area contributed by atoms with E-state index in [4.69, 9.17) is 19.5 Å². The number of amides is 2. The van der Waals surface area contributed by atoms with E-state index in [1.54, 1.807) is 36.2 Å². The van der Waals surface area contributed by atoms with Crippen LogP contribution in [0.1, 0.15) is 37.3 Å². The second kappa shape index (κ2) is 11.3. The van der Waals surface area contributed by atoms with Crippen molar-refractivity contribution < 1.29 is 19.0 Å². The van der Waals surface area contributed by atoms with Crippen molar-refractivity contribution in [3.63, 3.8) is 0 Å². The van der Waals surface area contributed by atoms with Gasteiger partial charge in [-0.2, -0.15) is 5.26 Å². The number of hydrogen-bond acceptors (Lipinski definition) is 5. The smallest absolute Gasteiger partial charge is 0.325 e. The molecule has 2 aromatic rings. The molecule has 1 saturated heterocycles. The number of ether oxygens (including phenoxy) is 3. The van der Waals surface area contributed by atoms with Gasteiger partial charge in [0.1, 0.15) is 5.75 Å². The second-order valence-electron chi connectivity index (χ2n) is 8.00. The van der Waals surface area contributed by atoms with Crippen LogP contribution in [-0.4, -0.2) is 44.8 Å². The summed E-state index contributed by atoms with van der Waals surface area (Å²) in [7, 11) is 3.16. The molecule has 0 saturated carbocycles. The summed E-state index contributed by atoms with van der Waals surface area (Å²) in [5, 5.41) is 9.14. The van der Waals surface area contributed by atoms with E-state index in [0.717, 1.165) is 36.1 Å². The van der Waals surface area contributed by atoms with Gasteiger partial charge in [0, 0.05) is 23.9 Å². The molecule has 3 rings (SSSR count). The van der Waals surface area contributed by atoms with Crippen LogP contribution in [0.4, 0.5) is 10.5 Å². The highest BCUT2D eigenvalue weighted by molar-refractivity contribution is 5.94. The Kier molecular flexibility index (Phi) is 8.20. The minimum Gasteiger partial charge on any atom is -0.496 e. The van der Waals surface area contributed by atoms with Gasteiger partial charge in [-0.1, -0.05) is 32.4 Å². The molecule has 0 aliphatic carbocycles. The summed E-state index contributed by atoms with van der Waals surface area (Å²) in [5.41, 5.74) is 2.98. The summed E-state index contributed by atoms with van der Waals surface area (Å²) in [4.78, 5) is 16.8. The minimum absolute atomic E-state index is 0.129. The lowest BCUT2D eigenvalue weighted by Gasteiger charge is -2.37. The van der Waals surface area contributed by atoms with Gasteiger partial charge in [-0.15, -0.1) is 0 Å². The van der Waals surface area contributed by atoms with E-state index < -0.39 is 0 Å². The number of nitriles is 1. The molecule has 0 N–H and O–H groups in total. The molecule has 1 fully saturated rings. The standard InChI is InChI=1S/C26H31N3O4/c1-5-6-7-12-33-25-14-22(10-11-23(25)31-3)29-17-19(2)16-28(26(29)30)18-21-9-8-20(15-27)13-24(21)32-4/h8-11,13-14H,2,5-7,12,16-18H2,1,3-4H3. The lowest BCUT2D eigenvalue weighted by atomic mass is 10.1. The Labute approximate surface area is 195 Å². The Bertz CT molecular complexity index is 1040. The molecule has 0 spiro atoms. The van der Waals surface area contributed by atoms with Crippen LogP contribution in [0.2, 0.25) is 0 Å². The van der Waals surface area contributed by atoms with Gasteiger partial charge in [0.2, 0.25) is 0 Å². The summed E-state index contributed by atoms with van der Waals surface area (Å²) >= 11 is 0. The molecular formula is C26H31N3O4. The molecule has 7 nitrogen and oxygen atoms in total. The lowest BCUT2D eigenvalue weighted by molar-refractivity contribution is 0.201. The Morgan fingerprint density at radius 1 is 1.03 bits per heavy atom. The van der Waals surface area contributed by atoms with Gasteiger partial charge in [0.25, 0.3) is 0 Å². The van der Waals surface area contributed by atoms with Crippen LogP contribution in [0.5, 0.6) is 17.2 Å². The van der Waals surface area contributed by atoms with Crippen LogP contribution in [0.3, 0.4) is 0 Å². The normalized spacial score (nSPS) is 13.6. The number of nitrogens with zero attached hydrogens (tertiary/aromatic N) is 3. The summed E-state index contributed by atoms with van der Waals surface area (Å²) in [6.07, 6.45) is 3.18. The number of carbonyl (C=O) groups excluding carboxylic acids is 1. The molecule has 2 aromatic carbocycles. The molecule has 0 unspecified atom stereocenters. The molecular weight excluding hydrogens is 418 g/mol. The maximum Gasteiger partial charge on any atom is 0.325 e. The van der Waals surface area contributed by atoms with Gasteiger partial charge in [-0.3, -0.25) is 4.90 Å². The third-order valence-electron chi connectivity index (χ3n) is 5.54. The van der Waals surface area contributed by atoms with Crippen molar-refractivity contribution in [3.05, 3.63) is 59.7 Å². The highest BCUT2D eigenvalue weighted by Gasteiger charge is 2.30. The van der Waals surface area contributed by atoms with Crippen LogP contribution in [0, 0.1) is 11.3 Å². The topological polar surface area (TPSA) is 75.0 Å². The summed E-state index contributed by atoms with van der Waals surface area (Å²) < 4.78 is 16.8. The zero-order valence-electron chi connectivity index (χ0n) is 19.6. The fraction of sp³-hybridized carbons (Fsp3) is 0.385. The van der Waals surface area contributed by atoms with Gasteiger partial charge < -0.3 is 19.1 Å². The van der Waals surface area contributed by atoms with Crippen LogP contribution in [0.25, 0.3) is 0 Å². The number of hydrogen-bond donors (Lipinski definition) is 0. The lowest BCUT2D eigenvalue weighted by Crippen LogP contribution is -2.50. The number of rotatable bonds is 10. The van der Waals surface area contributed by atoms with E-state index in [9.17, 15) is 4.79 Å². The predicted octanol–water partition coefficient (Wildman–Crippen LogP) is 5.14. The van der Waals surface area contributed by atoms with Crippen molar-refractivity contribution in [1.82, 2.24) is 4.90 Å². The molecule has 0 bridgehead atoms. The maximum atomic E-state index is 13.4. The van der Waals surface area contributed by atoms with E-state index in [1.807, 2.05) is 24.3 Å². The number of urea groups is 1. The average Bonchev–Trinajstić information content (AvgIpc) is 2.84. The fourth-order valence-corrected chi connectivity index (χ4v) is 3.81. The van der Waals surface area contributed by atoms with Crippen molar-refractivity contribution in [2.45, 2.75) is 32.7 Å². The third-order valence-corrected chi connectivity index (χ3v) is 5.54. The van der Waals surface area contributed by atoms with Crippen molar-refractivity contribution in [2.75, 3.05) is 38.8 Å². The third kappa shape index (κ3) is 5.78. The van der Waals surface area contributed by atoms with Crippen LogP contribution < -0.4 is 19.1 Å². The number of anilines is 1. The van der Waals surface area contributed by atoms with E-state index >= 15 is 0 Å². The Hall–Kier alpha value is -3.66. The largest absolute Gasteiger partial charge is 0.496 e. The number of unbranched alkanes of at least 4 members (excludes halogenated alkanes) is 2. The van der Waals surface area contributed by atoms with Gasteiger partial charge in [0.05, 0.1) is 45.5 Å². The highest BCUT2D eigenvalue weighted by atomic mass is 16.5. The van der Waals surface area contributed by atoms with Gasteiger partial charge in [-0.25, -0.2) is 4.79 Å². The molecule has 0 radical (unpaired) electrons. The Morgan fingerprint density at radius 3 is 2.52 bits per heavy atom. The first kappa shape index (κ1) is 24.0. The Balaban J connectivity index is 1.82. The van der Waals surface area contributed by atoms with E-state index in [-0.39, 0.29) is 6.03 Å². The molecule has 174 valence electrons. The molecule has 1 aliphatic rings. The van der Waals surface area contributed by atoms with Gasteiger partial charge in [0.15, 0.2) is 11.5 Å². The van der Waals surface area contributed by atoms with Crippen molar-refractivity contribution in [3.8, 4) is 23.3 Å². The molecule has 1 aliphatic heterocycles. The first-order valence-electron chi connectivity index (χ1n) is 11.1. The Morgan fingerprint density at radius 2 is 1.82 bits per heavy atom. The zero-order valence-corrected chi connectivity index (χ0v) is 19.6. The van der Waals surface area contributed by atoms with Gasteiger partial charge >= 0.3 is 6.03 Å². The van der Waals surface area contributed by atoms with Crippen molar-refractivity contribution >= 4 is 11.7 Å². The van der Waals surface area contributed by atoms with Crippen molar-refractivity contribution in [2.24, 2.45) is 0 Å². The van der Waals surface area contributed by atoms with E-state index in [1.165, 1.54) is 0 Å². The molecule has 0 aromatic heterocycles. The number of methoxy groups -OCH3 is 2. The van der Waals surface area contributed by atoms with Gasteiger partial charge in [-0.05, 0) is 36.3 Å². The van der Waals surface area contributed by atoms with Crippen LogP contribution in [-0.2, 0) is 6.54 Å². The molecule has 33 heavy (non-hydrogen) atoms. The molecule has 7 heteroatoms. The summed E-state index contributed by atoms with van der Waals surface area (Å²) in [6, 6.07) is 12.7. The number of benzene rings is 2. The molecule has 1 heterocycles. The highest BCUT2D eigenvalue weighted by Crippen LogP contribution is 2.34. The van der Waals surface area contributed by atoms with Crippen LogP contribution in [0.15, 0.2) is 48.6 Å². The monoisotopic (exact) mass is 449 g/mol. The van der Waals surface area contributed by atoms with E-state index in [0.29, 0.717) is 49.1 Å². The van der Waals surface area contributed by atoms with Crippen molar-refractivity contribution in [1.29, 1.82) is 5.26 Å². The first-order valence-corrected chi connectivity index (χ1v) is 11.1. The predicted molar refractivity (Wildman–Crippen MR) is 128 cm³/mol. The minimum atomic E-state index is -0.129. The average molecular weight is 450 g/mol. The molecule has 0 atom stereocenters. The maximum absolute atomic E-state index is 13.4. The SMILES string of the molecule is C=C1CN(Cc2ccc(C#N)cc2OC)C(=O)N(c2ccc(OC)c(OCCCCC)c2)C1.